The summed E-state index contributed by atoms with van der Waals surface area (Å²) in [7, 11) is 0. The molecular formula is C6H8F3N. The summed E-state index contributed by atoms with van der Waals surface area (Å²) in [5, 5.41) is 2.11. The minimum absolute atomic E-state index is 0.0549. The number of halogens is 3. The molecule has 1 N–H and O–H groups in total. The summed E-state index contributed by atoms with van der Waals surface area (Å²) in [4.78, 5) is 0. The highest BCUT2D eigenvalue weighted by Crippen LogP contribution is 2.18. The molecule has 0 fully saturated rings. The van der Waals surface area contributed by atoms with Gasteiger partial charge >= 0.3 is 6.18 Å². The maximum absolute atomic E-state index is 11.6. The molecular weight excluding hydrogens is 143 g/mol. The lowest BCUT2D eigenvalue weighted by molar-refractivity contribution is -0.150. The lowest BCUT2D eigenvalue weighted by atomic mass is 10.3. The van der Waals surface area contributed by atoms with Crippen LogP contribution in [0, 0.1) is 12.3 Å². The van der Waals surface area contributed by atoms with E-state index in [0.717, 1.165) is 6.92 Å². The van der Waals surface area contributed by atoms with E-state index in [1.165, 1.54) is 0 Å². The van der Waals surface area contributed by atoms with Crippen LogP contribution >= 0.6 is 0 Å². The van der Waals surface area contributed by atoms with Crippen LogP contribution in [0.2, 0.25) is 0 Å². The zero-order chi connectivity index (χ0) is 8.20. The Bertz CT molecular complexity index is 133. The van der Waals surface area contributed by atoms with Gasteiger partial charge in [-0.25, -0.2) is 0 Å². The number of alkyl halides is 3. The summed E-state index contributed by atoms with van der Waals surface area (Å²) in [5.41, 5.74) is 0. The summed E-state index contributed by atoms with van der Waals surface area (Å²) in [6, 6.07) is -1.52. The molecule has 0 aromatic carbocycles. The molecule has 0 rings (SSSR count). The number of hydrogen-bond donors (Lipinski definition) is 1. The van der Waals surface area contributed by atoms with Crippen LogP contribution in [-0.2, 0) is 0 Å². The Labute approximate surface area is 57.6 Å². The van der Waals surface area contributed by atoms with Crippen LogP contribution in [-0.4, -0.2) is 18.8 Å². The van der Waals surface area contributed by atoms with Gasteiger partial charge in [0.05, 0.1) is 6.54 Å². The Balaban J connectivity index is 3.65. The molecule has 0 amide bonds. The number of terminal acetylenes is 1. The van der Waals surface area contributed by atoms with Gasteiger partial charge in [0.2, 0.25) is 0 Å². The first-order valence-electron chi connectivity index (χ1n) is 2.72. The Kier molecular flexibility index (Phi) is 3.23. The smallest absolute Gasteiger partial charge is 0.296 e. The standard InChI is InChI=1S/C6H8F3N/c1-3-4-10-5(2)6(7,8)9/h1,5,10H,4H2,2H3. The molecule has 1 atom stereocenters. The van der Waals surface area contributed by atoms with Gasteiger partial charge in [0.25, 0.3) is 0 Å². The predicted molar refractivity (Wildman–Crippen MR) is 32.4 cm³/mol. The third kappa shape index (κ3) is 3.36. The minimum atomic E-state index is -4.20. The van der Waals surface area contributed by atoms with E-state index in [2.05, 4.69) is 11.2 Å². The maximum atomic E-state index is 11.6. The van der Waals surface area contributed by atoms with Gasteiger partial charge in [-0.05, 0) is 6.92 Å². The molecule has 0 radical (unpaired) electrons. The monoisotopic (exact) mass is 151 g/mol. The molecule has 0 aromatic heterocycles. The summed E-state index contributed by atoms with van der Waals surface area (Å²) in [6.07, 6.45) is 0.543. The van der Waals surface area contributed by atoms with E-state index in [4.69, 9.17) is 6.42 Å². The van der Waals surface area contributed by atoms with Crippen molar-refractivity contribution in [2.45, 2.75) is 19.1 Å². The van der Waals surface area contributed by atoms with Crippen LogP contribution in [0.25, 0.3) is 0 Å². The van der Waals surface area contributed by atoms with Crippen LogP contribution in [0.5, 0.6) is 0 Å². The third-order valence-corrected chi connectivity index (χ3v) is 1.00. The van der Waals surface area contributed by atoms with E-state index in [-0.39, 0.29) is 6.54 Å². The molecule has 4 heteroatoms. The van der Waals surface area contributed by atoms with Crippen molar-refractivity contribution in [1.29, 1.82) is 0 Å². The molecule has 0 saturated carbocycles. The highest BCUT2D eigenvalue weighted by Gasteiger charge is 2.35. The van der Waals surface area contributed by atoms with Gasteiger partial charge in [0.1, 0.15) is 6.04 Å². The molecule has 0 aliphatic rings. The first-order valence-corrected chi connectivity index (χ1v) is 2.72. The second-order valence-electron chi connectivity index (χ2n) is 1.85. The summed E-state index contributed by atoms with van der Waals surface area (Å²) >= 11 is 0. The summed E-state index contributed by atoms with van der Waals surface area (Å²) < 4.78 is 34.9. The number of hydrogen-bond acceptors (Lipinski definition) is 1. The minimum Gasteiger partial charge on any atom is -0.296 e. The van der Waals surface area contributed by atoms with Crippen molar-refractivity contribution in [2.75, 3.05) is 6.54 Å². The lowest BCUT2D eigenvalue weighted by Gasteiger charge is -2.14. The van der Waals surface area contributed by atoms with E-state index in [1.807, 2.05) is 0 Å². The van der Waals surface area contributed by atoms with E-state index in [0.29, 0.717) is 0 Å². The van der Waals surface area contributed by atoms with Crippen LogP contribution < -0.4 is 5.32 Å². The lowest BCUT2D eigenvalue weighted by Crippen LogP contribution is -2.39. The fourth-order valence-corrected chi connectivity index (χ4v) is 0.328. The second kappa shape index (κ2) is 3.47. The van der Waals surface area contributed by atoms with Crippen LogP contribution in [0.3, 0.4) is 0 Å². The van der Waals surface area contributed by atoms with Crippen molar-refractivity contribution in [3.8, 4) is 12.3 Å². The molecule has 10 heavy (non-hydrogen) atoms. The molecule has 0 spiro atoms. The van der Waals surface area contributed by atoms with Crippen LogP contribution in [0.15, 0.2) is 0 Å². The zero-order valence-corrected chi connectivity index (χ0v) is 5.50. The van der Waals surface area contributed by atoms with Crippen LogP contribution in [0.4, 0.5) is 13.2 Å². The highest BCUT2D eigenvalue weighted by atomic mass is 19.4. The topological polar surface area (TPSA) is 12.0 Å². The molecule has 1 unspecified atom stereocenters. The first kappa shape index (κ1) is 9.31. The van der Waals surface area contributed by atoms with Crippen molar-refractivity contribution in [3.05, 3.63) is 0 Å². The van der Waals surface area contributed by atoms with Gasteiger partial charge < -0.3 is 0 Å². The van der Waals surface area contributed by atoms with E-state index in [9.17, 15) is 13.2 Å². The molecule has 58 valence electrons. The van der Waals surface area contributed by atoms with Gasteiger partial charge in [-0.2, -0.15) is 13.2 Å². The van der Waals surface area contributed by atoms with Crippen molar-refractivity contribution in [3.63, 3.8) is 0 Å². The quantitative estimate of drug-likeness (QED) is 0.584. The first-order chi connectivity index (χ1) is 4.48. The molecule has 0 heterocycles. The van der Waals surface area contributed by atoms with E-state index < -0.39 is 12.2 Å². The highest BCUT2D eigenvalue weighted by molar-refractivity contribution is 4.88. The number of nitrogens with one attached hydrogen (secondary N) is 1. The predicted octanol–water partition coefficient (Wildman–Crippen LogP) is 1.16. The average molecular weight is 151 g/mol. The van der Waals surface area contributed by atoms with Gasteiger partial charge in [-0.3, -0.25) is 5.32 Å². The Hall–Kier alpha value is -0.690. The van der Waals surface area contributed by atoms with Crippen molar-refractivity contribution >= 4 is 0 Å². The van der Waals surface area contributed by atoms with Crippen molar-refractivity contribution < 1.29 is 13.2 Å². The molecule has 0 aromatic rings. The molecule has 0 aliphatic heterocycles. The Morgan fingerprint density at radius 2 is 2.10 bits per heavy atom. The van der Waals surface area contributed by atoms with Crippen molar-refractivity contribution in [1.82, 2.24) is 5.32 Å². The van der Waals surface area contributed by atoms with Gasteiger partial charge in [0.15, 0.2) is 0 Å². The third-order valence-electron chi connectivity index (χ3n) is 1.00. The van der Waals surface area contributed by atoms with Crippen molar-refractivity contribution in [2.24, 2.45) is 0 Å². The molecule has 0 saturated heterocycles. The maximum Gasteiger partial charge on any atom is 0.403 e. The molecule has 1 nitrogen and oxygen atoms in total. The normalized spacial score (nSPS) is 14.3. The fraction of sp³-hybridized carbons (Fsp3) is 0.667. The number of rotatable bonds is 2. The summed E-state index contributed by atoms with van der Waals surface area (Å²) in [6.45, 7) is 0.970. The van der Waals surface area contributed by atoms with Gasteiger partial charge in [-0.1, -0.05) is 5.92 Å². The Morgan fingerprint density at radius 1 is 1.60 bits per heavy atom. The van der Waals surface area contributed by atoms with Gasteiger partial charge in [-0.15, -0.1) is 6.42 Å². The molecule has 0 bridgehead atoms. The fourth-order valence-electron chi connectivity index (χ4n) is 0.328. The molecule has 0 aliphatic carbocycles. The van der Waals surface area contributed by atoms with Crippen LogP contribution in [0.1, 0.15) is 6.92 Å². The van der Waals surface area contributed by atoms with E-state index >= 15 is 0 Å². The second-order valence-corrected chi connectivity index (χ2v) is 1.85. The van der Waals surface area contributed by atoms with Gasteiger partial charge in [0, 0.05) is 0 Å². The Morgan fingerprint density at radius 3 is 2.40 bits per heavy atom. The average Bonchev–Trinajstić information content (AvgIpc) is 1.80. The zero-order valence-electron chi connectivity index (χ0n) is 5.50. The summed E-state index contributed by atoms with van der Waals surface area (Å²) in [5.74, 6) is 2.06. The SMILES string of the molecule is C#CCNC(C)C(F)(F)F. The van der Waals surface area contributed by atoms with E-state index in [1.54, 1.807) is 0 Å². The largest absolute Gasteiger partial charge is 0.403 e.